The maximum absolute atomic E-state index is 5.75. The highest BCUT2D eigenvalue weighted by Gasteiger charge is 2.19. The van der Waals surface area contributed by atoms with Gasteiger partial charge >= 0.3 is 0 Å². The first-order valence-corrected chi connectivity index (χ1v) is 7.38. The molecule has 100 valence electrons. The standard InChI is InChI=1S/C14H28N2O/c1-16(11-9-15-13-7-8-13)10-4-6-14-5-2-3-12-17-14/h13-15H,2-12H2,1H3. The molecule has 1 atom stereocenters. The highest BCUT2D eigenvalue weighted by atomic mass is 16.5. The molecule has 2 aliphatic rings. The molecule has 0 amide bonds. The summed E-state index contributed by atoms with van der Waals surface area (Å²) in [5.74, 6) is 0. The molecule has 1 saturated heterocycles. The zero-order valence-electron chi connectivity index (χ0n) is 11.3. The van der Waals surface area contributed by atoms with Crippen molar-refractivity contribution in [3.05, 3.63) is 0 Å². The van der Waals surface area contributed by atoms with E-state index in [1.165, 1.54) is 58.0 Å². The van der Waals surface area contributed by atoms with Crippen LogP contribution in [0.25, 0.3) is 0 Å². The molecule has 0 spiro atoms. The first-order valence-electron chi connectivity index (χ1n) is 7.38. The maximum Gasteiger partial charge on any atom is 0.0575 e. The summed E-state index contributed by atoms with van der Waals surface area (Å²) in [5.41, 5.74) is 0. The fraction of sp³-hybridized carbons (Fsp3) is 1.00. The first-order chi connectivity index (χ1) is 8.34. The van der Waals surface area contributed by atoms with Crippen molar-refractivity contribution in [3.8, 4) is 0 Å². The van der Waals surface area contributed by atoms with Gasteiger partial charge in [0.15, 0.2) is 0 Å². The van der Waals surface area contributed by atoms with E-state index in [9.17, 15) is 0 Å². The summed E-state index contributed by atoms with van der Waals surface area (Å²) in [5, 5.41) is 3.56. The summed E-state index contributed by atoms with van der Waals surface area (Å²) < 4.78 is 5.75. The average Bonchev–Trinajstić information content (AvgIpc) is 3.14. The second kappa shape index (κ2) is 7.34. The molecule has 2 fully saturated rings. The van der Waals surface area contributed by atoms with Crippen LogP contribution in [0, 0.1) is 0 Å². The van der Waals surface area contributed by atoms with Crippen LogP contribution < -0.4 is 5.32 Å². The third-order valence-electron chi connectivity index (χ3n) is 3.84. The van der Waals surface area contributed by atoms with Crippen LogP contribution in [0.1, 0.15) is 44.9 Å². The summed E-state index contributed by atoms with van der Waals surface area (Å²) in [7, 11) is 2.23. The molecule has 0 aromatic heterocycles. The minimum atomic E-state index is 0.557. The van der Waals surface area contributed by atoms with Gasteiger partial charge in [-0.3, -0.25) is 0 Å². The molecule has 1 saturated carbocycles. The Kier molecular flexibility index (Phi) is 5.75. The number of hydrogen-bond donors (Lipinski definition) is 1. The Labute approximate surface area is 106 Å². The van der Waals surface area contributed by atoms with Gasteiger partial charge in [0.2, 0.25) is 0 Å². The fourth-order valence-corrected chi connectivity index (χ4v) is 2.48. The van der Waals surface area contributed by atoms with E-state index in [0.717, 1.165) is 19.2 Å². The van der Waals surface area contributed by atoms with E-state index < -0.39 is 0 Å². The van der Waals surface area contributed by atoms with Gasteiger partial charge in [0.05, 0.1) is 6.10 Å². The molecule has 1 aliphatic heterocycles. The number of hydrogen-bond acceptors (Lipinski definition) is 3. The van der Waals surface area contributed by atoms with Gasteiger partial charge in [-0.05, 0) is 58.5 Å². The van der Waals surface area contributed by atoms with E-state index >= 15 is 0 Å². The topological polar surface area (TPSA) is 24.5 Å². The van der Waals surface area contributed by atoms with Crippen molar-refractivity contribution in [2.45, 2.75) is 57.1 Å². The van der Waals surface area contributed by atoms with Crippen molar-refractivity contribution in [2.24, 2.45) is 0 Å². The number of nitrogens with one attached hydrogen (secondary N) is 1. The van der Waals surface area contributed by atoms with E-state index in [0.29, 0.717) is 6.10 Å². The number of rotatable bonds is 8. The van der Waals surface area contributed by atoms with Crippen molar-refractivity contribution in [1.82, 2.24) is 10.2 Å². The van der Waals surface area contributed by atoms with Gasteiger partial charge in [-0.2, -0.15) is 0 Å². The zero-order chi connectivity index (χ0) is 11.9. The van der Waals surface area contributed by atoms with E-state index in [1.54, 1.807) is 0 Å². The molecule has 0 radical (unpaired) electrons. The molecule has 17 heavy (non-hydrogen) atoms. The molecule has 0 aromatic rings. The monoisotopic (exact) mass is 240 g/mol. The Morgan fingerprint density at radius 3 is 2.76 bits per heavy atom. The zero-order valence-corrected chi connectivity index (χ0v) is 11.3. The van der Waals surface area contributed by atoms with Crippen molar-refractivity contribution >= 4 is 0 Å². The summed E-state index contributed by atoms with van der Waals surface area (Å²) in [6, 6.07) is 0.846. The van der Waals surface area contributed by atoms with Crippen LogP contribution >= 0.6 is 0 Å². The molecule has 1 N–H and O–H groups in total. The Bertz CT molecular complexity index is 200. The van der Waals surface area contributed by atoms with E-state index in [1.807, 2.05) is 0 Å². The smallest absolute Gasteiger partial charge is 0.0575 e. The average molecular weight is 240 g/mol. The molecular weight excluding hydrogens is 212 g/mol. The minimum Gasteiger partial charge on any atom is -0.378 e. The summed E-state index contributed by atoms with van der Waals surface area (Å²) in [6.45, 7) is 4.54. The van der Waals surface area contributed by atoms with Crippen LogP contribution in [0.3, 0.4) is 0 Å². The highest BCUT2D eigenvalue weighted by molar-refractivity contribution is 4.80. The molecular formula is C14H28N2O. The summed E-state index contributed by atoms with van der Waals surface area (Å²) in [6.07, 6.45) is 9.79. The lowest BCUT2D eigenvalue weighted by Crippen LogP contribution is -2.31. The minimum absolute atomic E-state index is 0.557. The van der Waals surface area contributed by atoms with Crippen molar-refractivity contribution < 1.29 is 4.74 Å². The Balaban J connectivity index is 1.42. The van der Waals surface area contributed by atoms with Gasteiger partial charge in [0.25, 0.3) is 0 Å². The van der Waals surface area contributed by atoms with Gasteiger partial charge in [0, 0.05) is 25.7 Å². The molecule has 0 aromatic carbocycles. The van der Waals surface area contributed by atoms with Crippen molar-refractivity contribution in [1.29, 1.82) is 0 Å². The van der Waals surface area contributed by atoms with Crippen LogP contribution in [-0.2, 0) is 4.74 Å². The lowest BCUT2D eigenvalue weighted by atomic mass is 10.0. The number of likely N-dealkylation sites (N-methyl/N-ethyl adjacent to an activating group) is 1. The lowest BCUT2D eigenvalue weighted by Gasteiger charge is -2.23. The maximum atomic E-state index is 5.75. The van der Waals surface area contributed by atoms with Gasteiger partial charge in [-0.25, -0.2) is 0 Å². The quantitative estimate of drug-likeness (QED) is 0.702. The van der Waals surface area contributed by atoms with Crippen LogP contribution in [0.5, 0.6) is 0 Å². The third kappa shape index (κ3) is 5.84. The van der Waals surface area contributed by atoms with Gasteiger partial charge in [-0.15, -0.1) is 0 Å². The van der Waals surface area contributed by atoms with Gasteiger partial charge in [-0.1, -0.05) is 0 Å². The number of ether oxygens (including phenoxy) is 1. The van der Waals surface area contributed by atoms with Crippen molar-refractivity contribution in [2.75, 3.05) is 33.3 Å². The van der Waals surface area contributed by atoms with Crippen LogP contribution in [0.4, 0.5) is 0 Å². The Hall–Kier alpha value is -0.120. The molecule has 3 nitrogen and oxygen atoms in total. The molecule has 1 unspecified atom stereocenters. The second-order valence-corrected chi connectivity index (χ2v) is 5.66. The lowest BCUT2D eigenvalue weighted by molar-refractivity contribution is 0.00901. The fourth-order valence-electron chi connectivity index (χ4n) is 2.48. The van der Waals surface area contributed by atoms with E-state index in [-0.39, 0.29) is 0 Å². The Morgan fingerprint density at radius 2 is 2.06 bits per heavy atom. The second-order valence-electron chi connectivity index (χ2n) is 5.66. The summed E-state index contributed by atoms with van der Waals surface area (Å²) in [4.78, 5) is 2.44. The number of nitrogens with zero attached hydrogens (tertiary/aromatic N) is 1. The van der Waals surface area contributed by atoms with E-state index in [2.05, 4.69) is 17.3 Å². The van der Waals surface area contributed by atoms with Gasteiger partial charge in [0.1, 0.15) is 0 Å². The molecule has 2 rings (SSSR count). The molecule has 1 aliphatic carbocycles. The predicted octanol–water partition coefficient (Wildman–Crippen LogP) is 2.02. The highest BCUT2D eigenvalue weighted by Crippen LogP contribution is 2.18. The first kappa shape index (κ1) is 13.3. The molecule has 1 heterocycles. The Morgan fingerprint density at radius 1 is 1.18 bits per heavy atom. The molecule has 0 bridgehead atoms. The third-order valence-corrected chi connectivity index (χ3v) is 3.84. The molecule has 3 heteroatoms. The SMILES string of the molecule is CN(CCCC1CCCCO1)CCNC1CC1. The van der Waals surface area contributed by atoms with Crippen LogP contribution in [0.15, 0.2) is 0 Å². The van der Waals surface area contributed by atoms with Crippen molar-refractivity contribution in [3.63, 3.8) is 0 Å². The van der Waals surface area contributed by atoms with E-state index in [4.69, 9.17) is 4.74 Å². The van der Waals surface area contributed by atoms with Crippen LogP contribution in [0.2, 0.25) is 0 Å². The summed E-state index contributed by atoms with van der Waals surface area (Å²) >= 11 is 0. The predicted molar refractivity (Wildman–Crippen MR) is 71.3 cm³/mol. The van der Waals surface area contributed by atoms with Crippen LogP contribution in [-0.4, -0.2) is 50.3 Å². The normalized spacial score (nSPS) is 25.4. The van der Waals surface area contributed by atoms with Gasteiger partial charge < -0.3 is 15.0 Å². The largest absolute Gasteiger partial charge is 0.378 e.